The first-order valence-corrected chi connectivity index (χ1v) is 9.89. The molecule has 0 aromatic heterocycles. The highest BCUT2D eigenvalue weighted by atomic mass is 19.4. The van der Waals surface area contributed by atoms with Gasteiger partial charge in [-0.15, -0.1) is 0 Å². The fourth-order valence-corrected chi connectivity index (χ4v) is 5.81. The van der Waals surface area contributed by atoms with E-state index in [9.17, 15) is 22.8 Å². The van der Waals surface area contributed by atoms with E-state index in [1.807, 2.05) is 38.1 Å². The van der Waals surface area contributed by atoms with Gasteiger partial charge in [-0.3, -0.25) is 14.9 Å². The van der Waals surface area contributed by atoms with Crippen LogP contribution in [0.1, 0.15) is 28.7 Å². The summed E-state index contributed by atoms with van der Waals surface area (Å²) >= 11 is 0. The summed E-state index contributed by atoms with van der Waals surface area (Å²) in [6.45, 7) is 3.81. The summed E-state index contributed by atoms with van der Waals surface area (Å²) in [5.41, 5.74) is 0.163. The van der Waals surface area contributed by atoms with Gasteiger partial charge in [0.2, 0.25) is 11.8 Å². The van der Waals surface area contributed by atoms with Crippen molar-refractivity contribution in [1.29, 1.82) is 0 Å². The molecule has 2 aliphatic carbocycles. The number of hydrogen-bond donors (Lipinski definition) is 1. The molecule has 154 valence electrons. The Hall–Kier alpha value is -2.89. The van der Waals surface area contributed by atoms with Gasteiger partial charge in [-0.25, -0.2) is 0 Å². The Morgan fingerprint density at radius 1 is 0.867 bits per heavy atom. The maximum Gasteiger partial charge on any atom is 0.398 e. The Labute approximate surface area is 172 Å². The lowest BCUT2D eigenvalue weighted by atomic mass is 9.63. The number of imide groups is 1. The second-order valence-electron chi connectivity index (χ2n) is 8.79. The van der Waals surface area contributed by atoms with E-state index in [1.54, 1.807) is 24.3 Å². The summed E-state index contributed by atoms with van der Waals surface area (Å²) in [5.74, 6) is -3.97. The lowest BCUT2D eigenvalue weighted by molar-refractivity contribution is -0.216. The van der Waals surface area contributed by atoms with Crippen LogP contribution in [0.5, 0.6) is 0 Å². The highest BCUT2D eigenvalue weighted by Crippen LogP contribution is 2.74. The molecule has 30 heavy (non-hydrogen) atoms. The Bertz CT molecular complexity index is 1100. The van der Waals surface area contributed by atoms with E-state index >= 15 is 0 Å². The normalized spacial score (nSPS) is 32.2. The molecular weight excluding hydrogens is 391 g/mol. The highest BCUT2D eigenvalue weighted by Gasteiger charge is 2.79. The lowest BCUT2D eigenvalue weighted by Gasteiger charge is -2.37. The minimum atomic E-state index is -4.66. The topological polar surface area (TPSA) is 46.2 Å². The lowest BCUT2D eigenvalue weighted by Crippen LogP contribution is -2.44. The molecule has 0 radical (unpaired) electrons. The number of carbonyl (C=O) groups is 2. The molecule has 2 amide bonds. The summed E-state index contributed by atoms with van der Waals surface area (Å²) in [5, 5.41) is 2.19. The summed E-state index contributed by atoms with van der Waals surface area (Å²) in [4.78, 5) is 25.4. The van der Waals surface area contributed by atoms with E-state index in [0.717, 1.165) is 11.1 Å². The quantitative estimate of drug-likeness (QED) is 0.741. The van der Waals surface area contributed by atoms with E-state index in [-0.39, 0.29) is 6.42 Å². The number of allylic oxidation sites excluding steroid dienone is 2. The number of alkyl halides is 3. The van der Waals surface area contributed by atoms with Gasteiger partial charge < -0.3 is 0 Å². The summed E-state index contributed by atoms with van der Waals surface area (Å²) < 4.78 is 43.6. The van der Waals surface area contributed by atoms with Crippen LogP contribution in [0, 0.1) is 31.1 Å². The average molecular weight is 411 g/mol. The summed E-state index contributed by atoms with van der Waals surface area (Å²) in [6, 6.07) is 14.6. The molecule has 0 spiro atoms. The van der Waals surface area contributed by atoms with Crippen LogP contribution in [-0.4, -0.2) is 18.0 Å². The van der Waals surface area contributed by atoms with E-state index in [0.29, 0.717) is 16.7 Å². The van der Waals surface area contributed by atoms with Gasteiger partial charge in [0.05, 0.1) is 17.3 Å². The van der Waals surface area contributed by atoms with Crippen LogP contribution in [-0.2, 0) is 15.0 Å². The van der Waals surface area contributed by atoms with Crippen LogP contribution in [0.2, 0.25) is 0 Å². The zero-order chi connectivity index (χ0) is 21.5. The molecule has 3 nitrogen and oxygen atoms in total. The van der Waals surface area contributed by atoms with Gasteiger partial charge in [0, 0.05) is 5.41 Å². The summed E-state index contributed by atoms with van der Waals surface area (Å²) in [6.07, 6.45) is -3.75. The molecule has 6 heteroatoms. The Morgan fingerprint density at radius 2 is 1.40 bits per heavy atom. The number of carbonyl (C=O) groups excluding carboxylic acids is 2. The molecular formula is C24H20F3NO2. The first kappa shape index (κ1) is 19.1. The average Bonchev–Trinajstić information content (AvgIpc) is 3.30. The largest absolute Gasteiger partial charge is 0.398 e. The highest BCUT2D eigenvalue weighted by molar-refractivity contribution is 6.10. The molecule has 1 saturated carbocycles. The van der Waals surface area contributed by atoms with E-state index in [2.05, 4.69) is 5.32 Å². The molecule has 2 aromatic rings. The van der Waals surface area contributed by atoms with Crippen molar-refractivity contribution in [2.45, 2.75) is 31.9 Å². The van der Waals surface area contributed by atoms with Crippen molar-refractivity contribution in [3.8, 4) is 0 Å². The van der Waals surface area contributed by atoms with Crippen LogP contribution in [0.3, 0.4) is 0 Å². The van der Waals surface area contributed by atoms with Crippen LogP contribution in [0.15, 0.2) is 54.6 Å². The van der Waals surface area contributed by atoms with Gasteiger partial charge in [0.1, 0.15) is 0 Å². The number of halogens is 3. The standard InChI is InChI=1S/C24H20F3NO2/c1-13-3-7-15(8-4-13)17-11-22(24(25,26)27)12-23(17,16-9-5-14(2)6-10-16)19-18(22)20(29)28-21(19)30/h3-11,18-19H,12H2,1-2H3,(H,28,29,30)/t18?,19?,22-,23-/m0/s1. The zero-order valence-electron chi connectivity index (χ0n) is 16.5. The molecule has 4 atom stereocenters. The first-order chi connectivity index (χ1) is 14.1. The Balaban J connectivity index is 1.84. The smallest absolute Gasteiger partial charge is 0.296 e. The van der Waals surface area contributed by atoms with Crippen molar-refractivity contribution in [2.24, 2.45) is 17.3 Å². The fraction of sp³-hybridized carbons (Fsp3) is 0.333. The number of aryl methyl sites for hydroxylation is 2. The zero-order valence-corrected chi connectivity index (χ0v) is 16.5. The van der Waals surface area contributed by atoms with Gasteiger partial charge >= 0.3 is 6.18 Å². The van der Waals surface area contributed by atoms with Crippen molar-refractivity contribution in [3.63, 3.8) is 0 Å². The van der Waals surface area contributed by atoms with Crippen molar-refractivity contribution in [1.82, 2.24) is 5.32 Å². The van der Waals surface area contributed by atoms with Crippen molar-refractivity contribution in [2.75, 3.05) is 0 Å². The maximum atomic E-state index is 14.5. The second kappa shape index (κ2) is 5.84. The molecule has 2 aromatic carbocycles. The monoisotopic (exact) mass is 411 g/mol. The van der Waals surface area contributed by atoms with Gasteiger partial charge in [0.25, 0.3) is 0 Å². The molecule has 2 bridgehead atoms. The van der Waals surface area contributed by atoms with Crippen LogP contribution in [0.25, 0.3) is 5.57 Å². The van der Waals surface area contributed by atoms with E-state index in [1.165, 1.54) is 6.08 Å². The van der Waals surface area contributed by atoms with Crippen molar-refractivity contribution < 1.29 is 22.8 Å². The minimum Gasteiger partial charge on any atom is -0.296 e. The predicted octanol–water partition coefficient (Wildman–Crippen LogP) is 4.48. The number of rotatable bonds is 2. The third-order valence-electron chi connectivity index (χ3n) is 7.14. The molecule has 1 N–H and O–H groups in total. The van der Waals surface area contributed by atoms with Crippen LogP contribution >= 0.6 is 0 Å². The number of hydrogen-bond acceptors (Lipinski definition) is 2. The fourth-order valence-electron chi connectivity index (χ4n) is 5.81. The molecule has 5 rings (SSSR count). The third kappa shape index (κ3) is 2.22. The van der Waals surface area contributed by atoms with Crippen LogP contribution < -0.4 is 5.32 Å². The van der Waals surface area contributed by atoms with Gasteiger partial charge in [-0.1, -0.05) is 65.7 Å². The first-order valence-electron chi connectivity index (χ1n) is 9.89. The van der Waals surface area contributed by atoms with Gasteiger partial charge in [0.15, 0.2) is 0 Å². The van der Waals surface area contributed by atoms with Crippen molar-refractivity contribution >= 4 is 17.4 Å². The molecule has 1 aliphatic heterocycles. The third-order valence-corrected chi connectivity index (χ3v) is 7.14. The SMILES string of the molecule is Cc1ccc(C2=C[C@]3(C(F)(F)F)C[C@@]2(c2ccc(C)cc2)C2C(=O)NC(=O)C23)cc1. The molecule has 1 saturated heterocycles. The Kier molecular flexibility index (Phi) is 3.72. The van der Waals surface area contributed by atoms with Crippen LogP contribution in [0.4, 0.5) is 13.2 Å². The van der Waals surface area contributed by atoms with Gasteiger partial charge in [-0.2, -0.15) is 13.2 Å². The van der Waals surface area contributed by atoms with Gasteiger partial charge in [-0.05, 0) is 37.0 Å². The van der Waals surface area contributed by atoms with E-state index in [4.69, 9.17) is 0 Å². The Morgan fingerprint density at radius 3 is 1.97 bits per heavy atom. The minimum absolute atomic E-state index is 0.329. The molecule has 2 unspecified atom stereocenters. The maximum absolute atomic E-state index is 14.5. The number of benzene rings is 2. The van der Waals surface area contributed by atoms with E-state index < -0.39 is 40.7 Å². The number of amides is 2. The molecule has 1 heterocycles. The predicted molar refractivity (Wildman–Crippen MR) is 105 cm³/mol. The summed E-state index contributed by atoms with van der Waals surface area (Å²) in [7, 11) is 0. The van der Waals surface area contributed by atoms with Crippen molar-refractivity contribution in [3.05, 3.63) is 76.9 Å². The molecule has 3 aliphatic rings. The molecule has 2 fully saturated rings. The number of nitrogens with one attached hydrogen (secondary N) is 1. The number of fused-ring (bicyclic) bond motifs is 5. The second-order valence-corrected chi connectivity index (χ2v) is 8.79.